The molecule has 7 heteroatoms. The van der Waals surface area contributed by atoms with Crippen molar-refractivity contribution < 1.29 is 4.39 Å². The summed E-state index contributed by atoms with van der Waals surface area (Å²) in [6.45, 7) is 5.66. The molecule has 3 aromatic rings. The fraction of sp³-hybridized carbons (Fsp3) is 0.500. The molecule has 5 heterocycles. The highest BCUT2D eigenvalue weighted by Crippen LogP contribution is 2.40. The summed E-state index contributed by atoms with van der Waals surface area (Å²) in [4.78, 5) is 16.5. The Morgan fingerprint density at radius 3 is 2.55 bits per heavy atom. The summed E-state index contributed by atoms with van der Waals surface area (Å²) in [6, 6.07) is 7.96. The Balaban J connectivity index is 1.49. The number of hydrogen-bond acceptors (Lipinski definition) is 5. The zero-order chi connectivity index (χ0) is 21.5. The van der Waals surface area contributed by atoms with E-state index in [1.807, 2.05) is 16.7 Å². The molecule has 0 unspecified atom stereocenters. The fourth-order valence-corrected chi connectivity index (χ4v) is 5.18. The Morgan fingerprint density at radius 2 is 1.77 bits per heavy atom. The first-order valence-electron chi connectivity index (χ1n) is 11.3. The Morgan fingerprint density at radius 1 is 1.00 bits per heavy atom. The number of likely N-dealkylation sites (tertiary alicyclic amines) is 1. The highest BCUT2D eigenvalue weighted by Gasteiger charge is 2.33. The second kappa shape index (κ2) is 8.20. The lowest BCUT2D eigenvalue weighted by Gasteiger charge is -2.39. The number of piperidine rings is 1. The molecule has 6 nitrogen and oxygen atoms in total. The van der Waals surface area contributed by atoms with Crippen LogP contribution >= 0.6 is 0 Å². The van der Waals surface area contributed by atoms with Crippen molar-refractivity contribution in [2.45, 2.75) is 38.3 Å². The molecule has 2 saturated heterocycles. The number of piperazine rings is 1. The first kappa shape index (κ1) is 20.4. The van der Waals surface area contributed by atoms with Crippen LogP contribution in [0.4, 0.5) is 10.2 Å². The molecule has 0 aliphatic carbocycles. The molecule has 0 N–H and O–H groups in total. The predicted molar refractivity (Wildman–Crippen MR) is 121 cm³/mol. The van der Waals surface area contributed by atoms with Crippen LogP contribution in [0.15, 0.2) is 36.7 Å². The summed E-state index contributed by atoms with van der Waals surface area (Å²) in [6.07, 6.45) is 7.22. The quantitative estimate of drug-likeness (QED) is 0.642. The van der Waals surface area contributed by atoms with Crippen LogP contribution in [0.5, 0.6) is 0 Å². The van der Waals surface area contributed by atoms with Gasteiger partial charge in [-0.1, -0.05) is 6.07 Å². The first-order valence-corrected chi connectivity index (χ1v) is 11.3. The second-order valence-electron chi connectivity index (χ2n) is 9.02. The summed E-state index contributed by atoms with van der Waals surface area (Å²) in [5.74, 6) is 0.458. The third-order valence-corrected chi connectivity index (χ3v) is 7.02. The number of imidazole rings is 1. The Kier molecular flexibility index (Phi) is 5.40. The smallest absolute Gasteiger partial charge is 0.164 e. The van der Waals surface area contributed by atoms with Crippen LogP contribution in [0.25, 0.3) is 5.65 Å². The molecule has 31 heavy (non-hydrogen) atoms. The van der Waals surface area contributed by atoms with Crippen LogP contribution in [0.1, 0.15) is 48.3 Å². The monoisotopic (exact) mass is 422 g/mol. The summed E-state index contributed by atoms with van der Waals surface area (Å²) in [7, 11) is 4.29. The van der Waals surface area contributed by atoms with Crippen LogP contribution in [0, 0.1) is 12.7 Å². The van der Waals surface area contributed by atoms with Crippen molar-refractivity contribution in [2.75, 3.05) is 45.2 Å². The second-order valence-corrected chi connectivity index (χ2v) is 9.02. The first-order chi connectivity index (χ1) is 15.0. The SMILES string of the molecule is Cc1cccnc1[C@@H]1CCC[C@H](c2cn3c(N4CCN(C)CC4)c(F)ccc3n2)N1C. The van der Waals surface area contributed by atoms with Crippen LogP contribution in [0.3, 0.4) is 0 Å². The largest absolute Gasteiger partial charge is 0.353 e. The van der Waals surface area contributed by atoms with E-state index in [0.717, 1.165) is 62.5 Å². The molecule has 0 aromatic carbocycles. The normalized spacial score (nSPS) is 23.5. The molecule has 0 radical (unpaired) electrons. The number of nitrogens with zero attached hydrogens (tertiary/aromatic N) is 6. The van der Waals surface area contributed by atoms with Crippen molar-refractivity contribution in [3.05, 3.63) is 59.4 Å². The molecular weight excluding hydrogens is 391 g/mol. The van der Waals surface area contributed by atoms with E-state index in [9.17, 15) is 4.39 Å². The average molecular weight is 423 g/mol. The Labute approximate surface area is 183 Å². The van der Waals surface area contributed by atoms with E-state index in [1.165, 1.54) is 5.56 Å². The van der Waals surface area contributed by atoms with E-state index in [-0.39, 0.29) is 17.9 Å². The zero-order valence-electron chi connectivity index (χ0n) is 18.6. The van der Waals surface area contributed by atoms with Gasteiger partial charge in [-0.2, -0.15) is 0 Å². The van der Waals surface area contributed by atoms with Crippen molar-refractivity contribution in [3.8, 4) is 0 Å². The van der Waals surface area contributed by atoms with Gasteiger partial charge < -0.3 is 9.80 Å². The minimum atomic E-state index is -0.181. The number of halogens is 1. The van der Waals surface area contributed by atoms with Crippen molar-refractivity contribution in [1.82, 2.24) is 24.2 Å². The van der Waals surface area contributed by atoms with E-state index in [4.69, 9.17) is 4.98 Å². The van der Waals surface area contributed by atoms with Crippen LogP contribution in [-0.2, 0) is 0 Å². The lowest BCUT2D eigenvalue weighted by molar-refractivity contribution is 0.109. The summed E-state index contributed by atoms with van der Waals surface area (Å²) < 4.78 is 16.9. The van der Waals surface area contributed by atoms with E-state index in [1.54, 1.807) is 12.1 Å². The molecule has 0 spiro atoms. The van der Waals surface area contributed by atoms with E-state index >= 15 is 0 Å². The van der Waals surface area contributed by atoms with Crippen molar-refractivity contribution in [1.29, 1.82) is 0 Å². The average Bonchev–Trinajstić information content (AvgIpc) is 3.19. The molecule has 0 bridgehead atoms. The van der Waals surface area contributed by atoms with E-state index in [2.05, 4.69) is 53.0 Å². The third kappa shape index (κ3) is 3.70. The Bertz CT molecular complexity index is 1070. The zero-order valence-corrected chi connectivity index (χ0v) is 18.6. The van der Waals surface area contributed by atoms with Gasteiger partial charge in [0.25, 0.3) is 0 Å². The van der Waals surface area contributed by atoms with Gasteiger partial charge in [0.2, 0.25) is 0 Å². The highest BCUT2D eigenvalue weighted by molar-refractivity contribution is 5.54. The molecule has 2 aliphatic heterocycles. The third-order valence-electron chi connectivity index (χ3n) is 7.02. The highest BCUT2D eigenvalue weighted by atomic mass is 19.1. The number of rotatable bonds is 3. The van der Waals surface area contributed by atoms with Crippen LogP contribution < -0.4 is 4.90 Å². The van der Waals surface area contributed by atoms with Gasteiger partial charge in [-0.15, -0.1) is 0 Å². The molecule has 0 amide bonds. The molecule has 2 aliphatic rings. The maximum atomic E-state index is 14.9. The number of likely N-dealkylation sites (N-methyl/N-ethyl adjacent to an activating group) is 1. The summed E-state index contributed by atoms with van der Waals surface area (Å²) >= 11 is 0. The summed E-state index contributed by atoms with van der Waals surface area (Å²) in [5, 5.41) is 0. The number of pyridine rings is 2. The predicted octanol–water partition coefficient (Wildman–Crippen LogP) is 3.83. The molecule has 3 aromatic heterocycles. The van der Waals surface area contributed by atoms with Crippen LogP contribution in [-0.4, -0.2) is 64.4 Å². The van der Waals surface area contributed by atoms with Gasteiger partial charge in [-0.05, 0) is 64.0 Å². The van der Waals surface area contributed by atoms with Gasteiger partial charge in [-0.3, -0.25) is 14.3 Å². The van der Waals surface area contributed by atoms with Gasteiger partial charge in [0, 0.05) is 38.6 Å². The maximum absolute atomic E-state index is 14.9. The van der Waals surface area contributed by atoms with Gasteiger partial charge in [0.05, 0.1) is 23.5 Å². The fourth-order valence-electron chi connectivity index (χ4n) is 5.18. The maximum Gasteiger partial charge on any atom is 0.164 e. The van der Waals surface area contributed by atoms with E-state index < -0.39 is 0 Å². The number of fused-ring (bicyclic) bond motifs is 1. The van der Waals surface area contributed by atoms with Gasteiger partial charge in [0.15, 0.2) is 11.6 Å². The van der Waals surface area contributed by atoms with Gasteiger partial charge in [0.1, 0.15) is 5.65 Å². The standard InChI is InChI=1S/C24H31FN6/c1-17-6-5-11-26-23(17)21-8-4-7-20(29(21)3)19-16-31-22(27-19)10-9-18(25)24(31)30-14-12-28(2)13-15-30/h5-6,9-11,16,20-21H,4,7-8,12-15H2,1-3H3/t20-,21+/m1/s1. The van der Waals surface area contributed by atoms with Crippen molar-refractivity contribution in [2.24, 2.45) is 0 Å². The number of hydrogen-bond donors (Lipinski definition) is 0. The van der Waals surface area contributed by atoms with Crippen molar-refractivity contribution >= 4 is 11.5 Å². The molecule has 0 saturated carbocycles. The number of aryl methyl sites for hydroxylation is 1. The summed E-state index contributed by atoms with van der Waals surface area (Å²) in [5.41, 5.74) is 4.22. The van der Waals surface area contributed by atoms with Crippen LogP contribution in [0.2, 0.25) is 0 Å². The van der Waals surface area contributed by atoms with Gasteiger partial charge in [-0.25, -0.2) is 9.37 Å². The van der Waals surface area contributed by atoms with E-state index in [0.29, 0.717) is 5.82 Å². The molecule has 2 fully saturated rings. The minimum absolute atomic E-state index is 0.181. The minimum Gasteiger partial charge on any atom is -0.353 e. The molecule has 2 atom stereocenters. The number of aromatic nitrogens is 3. The number of anilines is 1. The van der Waals surface area contributed by atoms with Gasteiger partial charge >= 0.3 is 0 Å². The Hall–Kier alpha value is -2.51. The van der Waals surface area contributed by atoms with Crippen molar-refractivity contribution in [3.63, 3.8) is 0 Å². The molecule has 164 valence electrons. The lowest BCUT2D eigenvalue weighted by atomic mass is 9.91. The molecule has 5 rings (SSSR count). The molecular formula is C24H31FN6. The lowest BCUT2D eigenvalue weighted by Crippen LogP contribution is -2.45. The topological polar surface area (TPSA) is 39.9 Å².